The van der Waals surface area contributed by atoms with Gasteiger partial charge in [0.15, 0.2) is 0 Å². The smallest absolute Gasteiger partial charge is 0.435 e. The van der Waals surface area contributed by atoms with Crippen molar-refractivity contribution >= 4 is 62.7 Å². The zero-order valence-corrected chi connectivity index (χ0v) is 23.5. The highest BCUT2D eigenvalue weighted by atomic mass is 79.9. The van der Waals surface area contributed by atoms with Gasteiger partial charge in [-0.3, -0.25) is 4.99 Å². The molecule has 0 bridgehead atoms. The number of ether oxygens (including phenoxy) is 1. The maximum absolute atomic E-state index is 14.4. The van der Waals surface area contributed by atoms with E-state index in [1.165, 1.54) is 0 Å². The van der Waals surface area contributed by atoms with Gasteiger partial charge in [-0.15, -0.1) is 0 Å². The van der Waals surface area contributed by atoms with Gasteiger partial charge in [0.2, 0.25) is 0 Å². The number of rotatable bonds is 6. The Balaban J connectivity index is 2.38. The van der Waals surface area contributed by atoms with Gasteiger partial charge >= 0.3 is 24.1 Å². The summed E-state index contributed by atoms with van der Waals surface area (Å²) in [6.45, 7) is 5.16. The molecule has 5 nitrogen and oxygen atoms in total. The number of amides is 1. The molecular formula is C24H21BrCl2F7N3O2. The fraction of sp³-hybridized carbons (Fsp3) is 0.333. The van der Waals surface area contributed by atoms with Crippen LogP contribution in [0, 0.1) is 0 Å². The molecule has 0 aliphatic heterocycles. The number of nitrogens with two attached hydrogens (primary N) is 1. The third-order valence-electron chi connectivity index (χ3n) is 4.91. The zero-order valence-electron chi connectivity index (χ0n) is 20.4. The molecule has 2 rings (SSSR count). The molecule has 0 fully saturated rings. The molecule has 0 heterocycles. The van der Waals surface area contributed by atoms with Crippen LogP contribution in [0.25, 0.3) is 5.57 Å². The number of nitrogens with one attached hydrogen (secondary N) is 1. The summed E-state index contributed by atoms with van der Waals surface area (Å²) in [6, 6.07) is 5.20. The number of hydrogen-bond acceptors (Lipinski definition) is 4. The van der Waals surface area contributed by atoms with Crippen LogP contribution < -0.4 is 11.1 Å². The van der Waals surface area contributed by atoms with E-state index in [1.807, 2.05) is 0 Å². The summed E-state index contributed by atoms with van der Waals surface area (Å²) in [5.74, 6) is 0. The van der Waals surface area contributed by atoms with Crippen LogP contribution in [0.1, 0.15) is 37.5 Å². The topological polar surface area (TPSA) is 76.7 Å². The number of benzene rings is 2. The van der Waals surface area contributed by atoms with E-state index in [2.05, 4.69) is 26.2 Å². The molecule has 39 heavy (non-hydrogen) atoms. The van der Waals surface area contributed by atoms with Crippen molar-refractivity contribution in [1.82, 2.24) is 5.32 Å². The van der Waals surface area contributed by atoms with Gasteiger partial charge in [-0.25, -0.2) is 9.18 Å². The molecule has 2 aromatic carbocycles. The van der Waals surface area contributed by atoms with E-state index in [0.29, 0.717) is 15.6 Å². The van der Waals surface area contributed by atoms with E-state index >= 15 is 0 Å². The lowest BCUT2D eigenvalue weighted by Crippen LogP contribution is -2.50. The molecule has 0 aliphatic carbocycles. The fourth-order valence-electron chi connectivity index (χ4n) is 3.10. The van der Waals surface area contributed by atoms with E-state index in [1.54, 1.807) is 39.0 Å². The zero-order chi connectivity index (χ0) is 30.0. The van der Waals surface area contributed by atoms with Crippen LogP contribution in [-0.4, -0.2) is 30.3 Å². The third-order valence-corrected chi connectivity index (χ3v) is 6.26. The number of carbonyl (C=O) groups excluding carboxylic acids is 1. The van der Waals surface area contributed by atoms with Crippen molar-refractivity contribution in [3.8, 4) is 0 Å². The average Bonchev–Trinajstić information content (AvgIpc) is 2.77. The Morgan fingerprint density at radius 1 is 1.03 bits per heavy atom. The van der Waals surface area contributed by atoms with Crippen LogP contribution in [0.5, 0.6) is 0 Å². The molecule has 0 atom stereocenters. The summed E-state index contributed by atoms with van der Waals surface area (Å²) in [5.41, 5.74) is -1.70. The van der Waals surface area contributed by atoms with Crippen molar-refractivity contribution in [2.24, 2.45) is 10.7 Å². The molecule has 214 valence electrons. The molecule has 0 unspecified atom stereocenters. The molecule has 15 heteroatoms. The van der Waals surface area contributed by atoms with Crippen molar-refractivity contribution in [3.63, 3.8) is 0 Å². The highest BCUT2D eigenvalue weighted by molar-refractivity contribution is 9.10. The number of alkyl carbamates (subject to hydrolysis) is 1. The first-order chi connectivity index (χ1) is 17.7. The number of nitrogens with zero attached hydrogens (tertiary/aromatic N) is 1. The van der Waals surface area contributed by atoms with Gasteiger partial charge in [-0.05, 0) is 56.2 Å². The lowest BCUT2D eigenvalue weighted by Gasteiger charge is -2.30. The van der Waals surface area contributed by atoms with Gasteiger partial charge in [0, 0.05) is 34.6 Å². The normalized spacial score (nSPS) is 13.6. The van der Waals surface area contributed by atoms with Crippen LogP contribution >= 0.6 is 39.1 Å². The Morgan fingerprint density at radius 3 is 2.03 bits per heavy atom. The maximum atomic E-state index is 14.4. The SMILES string of the molecule is CC(C)(C)OC(=O)NCc1cc(C(C=Nc2c(Cl)cc(C(F)(C(F)(F)F)C(F)(F)F)cc2Cl)=CN)ccc1Br. The van der Waals surface area contributed by atoms with E-state index in [0.717, 1.165) is 12.4 Å². The molecule has 0 aliphatic rings. The summed E-state index contributed by atoms with van der Waals surface area (Å²) in [6.07, 6.45) is -11.1. The Labute approximate surface area is 237 Å². The Hall–Kier alpha value is -2.51. The van der Waals surface area contributed by atoms with E-state index in [4.69, 9.17) is 33.7 Å². The van der Waals surface area contributed by atoms with Crippen LogP contribution in [0.4, 0.5) is 41.2 Å². The van der Waals surface area contributed by atoms with Gasteiger partial charge in [0.25, 0.3) is 0 Å². The number of carbonyl (C=O) groups is 1. The van der Waals surface area contributed by atoms with Crippen LogP contribution in [0.2, 0.25) is 10.0 Å². The second-order valence-corrected chi connectivity index (χ2v) is 10.7. The highest BCUT2D eigenvalue weighted by Crippen LogP contribution is 2.54. The van der Waals surface area contributed by atoms with Gasteiger partial charge < -0.3 is 15.8 Å². The van der Waals surface area contributed by atoms with Crippen molar-refractivity contribution in [3.05, 3.63) is 67.7 Å². The first-order valence-electron chi connectivity index (χ1n) is 10.7. The van der Waals surface area contributed by atoms with Gasteiger partial charge in [0.1, 0.15) is 11.3 Å². The van der Waals surface area contributed by atoms with Crippen molar-refractivity contribution in [2.75, 3.05) is 0 Å². The van der Waals surface area contributed by atoms with E-state index in [9.17, 15) is 35.5 Å². The first-order valence-corrected chi connectivity index (χ1v) is 12.3. The van der Waals surface area contributed by atoms with Crippen molar-refractivity contribution in [1.29, 1.82) is 0 Å². The molecule has 2 aromatic rings. The summed E-state index contributed by atoms with van der Waals surface area (Å²) >= 11 is 15.1. The van der Waals surface area contributed by atoms with Crippen molar-refractivity contribution < 1.29 is 40.3 Å². The standard InChI is InChI=1S/C24H21BrCl2F7N3O2/c1-21(2,3)39-20(38)37-10-13-6-12(4-5-16(13)25)14(9-35)11-36-19-17(26)7-15(8-18(19)27)22(28,23(29,30)31)24(32,33)34/h4-9,11H,10,35H2,1-3H3,(H,37,38). The summed E-state index contributed by atoms with van der Waals surface area (Å²) in [7, 11) is 0. The average molecular weight is 667 g/mol. The van der Waals surface area contributed by atoms with Crippen LogP contribution in [-0.2, 0) is 17.0 Å². The molecule has 0 aromatic heterocycles. The fourth-order valence-corrected chi connectivity index (χ4v) is 4.07. The molecule has 0 spiro atoms. The summed E-state index contributed by atoms with van der Waals surface area (Å²) < 4.78 is 98.8. The Bertz CT molecular complexity index is 1250. The molecule has 0 radical (unpaired) electrons. The number of allylic oxidation sites excluding steroid dienone is 1. The first kappa shape index (κ1) is 32.7. The maximum Gasteiger partial charge on any atom is 0.435 e. The molecule has 1 amide bonds. The number of alkyl halides is 7. The minimum absolute atomic E-state index is 0.0564. The minimum Gasteiger partial charge on any atom is -0.444 e. The highest BCUT2D eigenvalue weighted by Gasteiger charge is 2.73. The van der Waals surface area contributed by atoms with Crippen molar-refractivity contribution in [2.45, 2.75) is 50.9 Å². The molecule has 0 saturated carbocycles. The Morgan fingerprint density at radius 2 is 1.56 bits per heavy atom. The minimum atomic E-state index is -6.34. The molecule has 3 N–H and O–H groups in total. The van der Waals surface area contributed by atoms with Gasteiger partial charge in [-0.1, -0.05) is 45.2 Å². The Kier molecular flexibility index (Phi) is 10.0. The quantitative estimate of drug-likeness (QED) is 0.239. The monoisotopic (exact) mass is 665 g/mol. The van der Waals surface area contributed by atoms with E-state index < -0.39 is 51.0 Å². The predicted molar refractivity (Wildman–Crippen MR) is 139 cm³/mol. The summed E-state index contributed by atoms with van der Waals surface area (Å²) in [4.78, 5) is 15.9. The lowest BCUT2D eigenvalue weighted by molar-refractivity contribution is -0.348. The second kappa shape index (κ2) is 11.9. The van der Waals surface area contributed by atoms with Crippen LogP contribution in [0.3, 0.4) is 0 Å². The summed E-state index contributed by atoms with van der Waals surface area (Å²) in [5, 5.41) is 1.06. The number of halogens is 10. The van der Waals surface area contributed by atoms with E-state index in [-0.39, 0.29) is 24.3 Å². The van der Waals surface area contributed by atoms with Gasteiger partial charge in [0.05, 0.1) is 10.0 Å². The largest absolute Gasteiger partial charge is 0.444 e. The lowest BCUT2D eigenvalue weighted by atomic mass is 9.94. The van der Waals surface area contributed by atoms with Crippen LogP contribution in [0.15, 0.2) is 46.0 Å². The predicted octanol–water partition coefficient (Wildman–Crippen LogP) is 8.77. The molecular weight excluding hydrogens is 646 g/mol. The molecule has 0 saturated heterocycles. The van der Waals surface area contributed by atoms with Gasteiger partial charge in [-0.2, -0.15) is 26.3 Å². The number of aliphatic imine (C=N–C) groups is 1. The third kappa shape index (κ3) is 7.79. The number of hydrogen-bond donors (Lipinski definition) is 2. The second-order valence-electron chi connectivity index (χ2n) is 8.98.